The minimum atomic E-state index is 0.0397. The van der Waals surface area contributed by atoms with Crippen LogP contribution in [0, 0.1) is 11.8 Å². The molecule has 6 heteroatoms. The van der Waals surface area contributed by atoms with Gasteiger partial charge in [-0.1, -0.05) is 41.8 Å². The largest absolute Gasteiger partial charge is 0.348 e. The van der Waals surface area contributed by atoms with Crippen molar-refractivity contribution in [1.82, 2.24) is 19.5 Å². The van der Waals surface area contributed by atoms with Gasteiger partial charge in [0.15, 0.2) is 0 Å². The predicted octanol–water partition coefficient (Wildman–Crippen LogP) is 6.26. The van der Waals surface area contributed by atoms with Crippen LogP contribution in [0.1, 0.15) is 29.9 Å². The lowest BCUT2D eigenvalue weighted by atomic mass is 10.1. The van der Waals surface area contributed by atoms with Crippen molar-refractivity contribution >= 4 is 28.6 Å². The number of hydrogen-bond donors (Lipinski definition) is 1. The van der Waals surface area contributed by atoms with E-state index in [4.69, 9.17) is 16.6 Å². The highest BCUT2D eigenvalue weighted by molar-refractivity contribution is 6.30. The molecule has 2 aromatic carbocycles. The highest BCUT2D eigenvalue weighted by Gasteiger charge is 2.12. The molecule has 1 atom stereocenters. The molecule has 3 heterocycles. The molecule has 0 aliphatic rings. The summed E-state index contributed by atoms with van der Waals surface area (Å²) in [4.78, 5) is 13.7. The molecular formula is C28H22ClN5. The van der Waals surface area contributed by atoms with Crippen LogP contribution in [0.25, 0.3) is 22.2 Å². The molecule has 0 saturated carbocycles. The highest BCUT2D eigenvalue weighted by Crippen LogP contribution is 2.23. The SMILES string of the molecule is CC(Nc1nc2cc(C#Cc3ccc(-c4ccc(Cl)cc4)cn3)ccc2n1C)c1ccccn1. The Balaban J connectivity index is 1.35. The summed E-state index contributed by atoms with van der Waals surface area (Å²) in [5, 5.41) is 4.17. The summed E-state index contributed by atoms with van der Waals surface area (Å²) in [6.07, 6.45) is 3.63. The van der Waals surface area contributed by atoms with Gasteiger partial charge in [0.05, 0.1) is 22.8 Å². The molecule has 3 aromatic heterocycles. The Hall–Kier alpha value is -4.14. The second kappa shape index (κ2) is 9.38. The van der Waals surface area contributed by atoms with Gasteiger partial charge < -0.3 is 9.88 Å². The zero-order chi connectivity index (χ0) is 23.5. The standard InChI is InChI=1S/C28H22ClN5/c1-19(25-5-3-4-16-30-25)32-28-33-26-17-20(7-15-27(26)34(28)2)6-13-24-14-10-22(18-31-24)21-8-11-23(29)12-9-21/h3-5,7-12,14-19H,1-2H3,(H,32,33). The normalized spacial score (nSPS) is 11.6. The number of nitrogens with zero attached hydrogens (tertiary/aromatic N) is 4. The summed E-state index contributed by atoms with van der Waals surface area (Å²) >= 11 is 5.97. The minimum absolute atomic E-state index is 0.0397. The molecule has 0 amide bonds. The Labute approximate surface area is 203 Å². The Morgan fingerprint density at radius 1 is 0.912 bits per heavy atom. The number of fused-ring (bicyclic) bond motifs is 1. The van der Waals surface area contributed by atoms with E-state index < -0.39 is 0 Å². The molecule has 1 N–H and O–H groups in total. The average Bonchev–Trinajstić information content (AvgIpc) is 3.18. The first-order chi connectivity index (χ1) is 16.6. The molecule has 0 fully saturated rings. The monoisotopic (exact) mass is 463 g/mol. The van der Waals surface area contributed by atoms with E-state index in [2.05, 4.69) is 34.0 Å². The van der Waals surface area contributed by atoms with Crippen LogP contribution in [0.3, 0.4) is 0 Å². The van der Waals surface area contributed by atoms with Crippen LogP contribution in [0.15, 0.2) is 85.2 Å². The first kappa shape index (κ1) is 21.7. The molecule has 0 aliphatic carbocycles. The van der Waals surface area contributed by atoms with Gasteiger partial charge in [-0.2, -0.15) is 0 Å². The summed E-state index contributed by atoms with van der Waals surface area (Å²) in [5.74, 6) is 7.14. The molecule has 0 saturated heterocycles. The molecule has 5 rings (SSSR count). The molecule has 0 radical (unpaired) electrons. The average molecular weight is 464 g/mol. The number of aryl methyl sites for hydroxylation is 1. The molecule has 5 nitrogen and oxygen atoms in total. The van der Waals surface area contributed by atoms with Crippen molar-refractivity contribution in [3.05, 3.63) is 107 Å². The van der Waals surface area contributed by atoms with E-state index in [0.717, 1.165) is 44.4 Å². The Bertz CT molecular complexity index is 1490. The van der Waals surface area contributed by atoms with Gasteiger partial charge in [-0.3, -0.25) is 4.98 Å². The van der Waals surface area contributed by atoms with Crippen LogP contribution in [0.5, 0.6) is 0 Å². The van der Waals surface area contributed by atoms with E-state index in [0.29, 0.717) is 5.69 Å². The Kier molecular flexibility index (Phi) is 5.99. The van der Waals surface area contributed by atoms with Gasteiger partial charge in [0, 0.05) is 35.6 Å². The third kappa shape index (κ3) is 4.63. The number of pyridine rings is 2. The number of anilines is 1. The van der Waals surface area contributed by atoms with Crippen molar-refractivity contribution in [3.63, 3.8) is 0 Å². The molecule has 0 spiro atoms. The molecule has 0 aliphatic heterocycles. The third-order valence-corrected chi connectivity index (χ3v) is 5.89. The fourth-order valence-electron chi connectivity index (χ4n) is 3.72. The number of aromatic nitrogens is 4. The second-order valence-electron chi connectivity index (χ2n) is 8.01. The summed E-state index contributed by atoms with van der Waals surface area (Å²) in [7, 11) is 2.00. The van der Waals surface area contributed by atoms with Gasteiger partial charge in [-0.15, -0.1) is 0 Å². The number of imidazole rings is 1. The molecule has 0 bridgehead atoms. The number of hydrogen-bond acceptors (Lipinski definition) is 4. The first-order valence-electron chi connectivity index (χ1n) is 10.9. The fourth-order valence-corrected chi connectivity index (χ4v) is 3.85. The molecule has 5 aromatic rings. The van der Waals surface area contributed by atoms with Gasteiger partial charge >= 0.3 is 0 Å². The number of rotatable bonds is 4. The maximum Gasteiger partial charge on any atom is 0.204 e. The van der Waals surface area contributed by atoms with Gasteiger partial charge in [-0.05, 0) is 66.9 Å². The molecule has 34 heavy (non-hydrogen) atoms. The van der Waals surface area contributed by atoms with E-state index in [9.17, 15) is 0 Å². The molecule has 166 valence electrons. The first-order valence-corrected chi connectivity index (χ1v) is 11.3. The zero-order valence-electron chi connectivity index (χ0n) is 18.8. The fraction of sp³-hybridized carbons (Fsp3) is 0.107. The van der Waals surface area contributed by atoms with Crippen LogP contribution < -0.4 is 5.32 Å². The summed E-state index contributed by atoms with van der Waals surface area (Å²) < 4.78 is 2.04. The van der Waals surface area contributed by atoms with Crippen LogP contribution >= 0.6 is 11.6 Å². The molecule has 1 unspecified atom stereocenters. The quantitative estimate of drug-likeness (QED) is 0.320. The van der Waals surface area contributed by atoms with E-state index >= 15 is 0 Å². The lowest BCUT2D eigenvalue weighted by Gasteiger charge is -2.13. The van der Waals surface area contributed by atoms with Gasteiger partial charge in [0.25, 0.3) is 0 Å². The number of benzene rings is 2. The molecular weight excluding hydrogens is 442 g/mol. The minimum Gasteiger partial charge on any atom is -0.348 e. The summed E-state index contributed by atoms with van der Waals surface area (Å²) in [6.45, 7) is 2.07. The van der Waals surface area contributed by atoms with E-state index in [1.807, 2.05) is 90.6 Å². The van der Waals surface area contributed by atoms with Crippen LogP contribution in [-0.2, 0) is 7.05 Å². The smallest absolute Gasteiger partial charge is 0.204 e. The van der Waals surface area contributed by atoms with Gasteiger partial charge in [-0.25, -0.2) is 9.97 Å². The van der Waals surface area contributed by atoms with Crippen molar-refractivity contribution in [2.45, 2.75) is 13.0 Å². The highest BCUT2D eigenvalue weighted by atomic mass is 35.5. The van der Waals surface area contributed by atoms with Gasteiger partial charge in [0.1, 0.15) is 5.69 Å². The number of nitrogens with one attached hydrogen (secondary N) is 1. The van der Waals surface area contributed by atoms with Crippen molar-refractivity contribution in [1.29, 1.82) is 0 Å². The summed E-state index contributed by atoms with van der Waals surface area (Å²) in [5.41, 5.74) is 6.58. The van der Waals surface area contributed by atoms with E-state index in [1.54, 1.807) is 6.20 Å². The van der Waals surface area contributed by atoms with Gasteiger partial charge in [0.2, 0.25) is 5.95 Å². The predicted molar refractivity (Wildman–Crippen MR) is 138 cm³/mol. The third-order valence-electron chi connectivity index (χ3n) is 5.63. The van der Waals surface area contributed by atoms with Crippen molar-refractivity contribution < 1.29 is 0 Å². The Morgan fingerprint density at radius 3 is 2.47 bits per heavy atom. The lowest BCUT2D eigenvalue weighted by molar-refractivity contribution is 0.803. The van der Waals surface area contributed by atoms with Crippen LogP contribution in [-0.4, -0.2) is 19.5 Å². The second-order valence-corrected chi connectivity index (χ2v) is 8.44. The van der Waals surface area contributed by atoms with E-state index in [1.165, 1.54) is 0 Å². The summed E-state index contributed by atoms with van der Waals surface area (Å²) in [6, 6.07) is 23.6. The van der Waals surface area contributed by atoms with Crippen molar-refractivity contribution in [2.24, 2.45) is 7.05 Å². The maximum absolute atomic E-state index is 5.97. The van der Waals surface area contributed by atoms with Crippen LogP contribution in [0.4, 0.5) is 5.95 Å². The van der Waals surface area contributed by atoms with E-state index in [-0.39, 0.29) is 6.04 Å². The van der Waals surface area contributed by atoms with Crippen LogP contribution in [0.2, 0.25) is 5.02 Å². The van der Waals surface area contributed by atoms with Crippen molar-refractivity contribution in [2.75, 3.05) is 5.32 Å². The topological polar surface area (TPSA) is 55.6 Å². The van der Waals surface area contributed by atoms with Crippen molar-refractivity contribution in [3.8, 4) is 23.0 Å². The Morgan fingerprint density at radius 2 is 1.74 bits per heavy atom. The maximum atomic E-state index is 5.97. The zero-order valence-corrected chi connectivity index (χ0v) is 19.6. The lowest BCUT2D eigenvalue weighted by Crippen LogP contribution is -2.11. The number of halogens is 1.